The molecule has 0 saturated carbocycles. The maximum absolute atomic E-state index is 11.5. The molecule has 0 spiro atoms. The van der Waals surface area contributed by atoms with Crippen LogP contribution in [-0.2, 0) is 0 Å². The second-order valence-corrected chi connectivity index (χ2v) is 3.24. The minimum absolute atomic E-state index is 0.0529. The minimum Gasteiger partial charge on any atom is -0.370 e. The summed E-state index contributed by atoms with van der Waals surface area (Å²) in [6, 6.07) is -0.521. The van der Waals surface area contributed by atoms with E-state index >= 15 is 0 Å². The Hall–Kier alpha value is -1.23. The number of halogens is 1. The number of nitrogens with zero attached hydrogens (tertiary/aromatic N) is 2. The molecule has 0 unspecified atom stereocenters. The fourth-order valence-electron chi connectivity index (χ4n) is 0.874. The molecule has 0 bridgehead atoms. The third-order valence-electron chi connectivity index (χ3n) is 1.88. The first-order chi connectivity index (χ1) is 6.49. The zero-order valence-corrected chi connectivity index (χ0v) is 8.96. The summed E-state index contributed by atoms with van der Waals surface area (Å²) in [6.45, 7) is 3.81. The normalized spacial score (nSPS) is 10.3. The molecule has 1 heterocycles. The summed E-state index contributed by atoms with van der Waals surface area (Å²) in [5.74, 6) is 0.245. The summed E-state index contributed by atoms with van der Waals surface area (Å²) in [6.07, 6.45) is 0. The largest absolute Gasteiger partial charge is 0.370 e. The topological polar surface area (TPSA) is 55.5 Å². The average Bonchev–Trinajstić information content (AvgIpc) is 2.43. The van der Waals surface area contributed by atoms with Crippen LogP contribution in [-0.4, -0.2) is 29.3 Å². The predicted molar refractivity (Wildman–Crippen MR) is 51.8 cm³/mol. The third-order valence-corrected chi connectivity index (χ3v) is 2.31. The number of rotatable bonds is 1. The average molecular weight is 219 g/mol. The molecule has 0 fully saturated rings. The van der Waals surface area contributed by atoms with E-state index in [0.717, 1.165) is 0 Å². The molecule has 14 heavy (non-hydrogen) atoms. The second-order valence-electron chi connectivity index (χ2n) is 2.86. The Labute approximate surface area is 85.8 Å². The lowest BCUT2D eigenvalue weighted by Gasteiger charge is -2.11. The maximum Gasteiger partial charge on any atom is 0.360 e. The van der Waals surface area contributed by atoms with E-state index in [9.17, 15) is 9.59 Å². The van der Waals surface area contributed by atoms with Gasteiger partial charge in [-0.3, -0.25) is 4.79 Å². The van der Waals surface area contributed by atoms with E-state index in [1.54, 1.807) is 14.0 Å². The van der Waals surface area contributed by atoms with Crippen molar-refractivity contribution in [2.75, 3.05) is 13.6 Å². The Balaban J connectivity index is 3.15. The smallest absolute Gasteiger partial charge is 0.360 e. The van der Waals surface area contributed by atoms with Crippen LogP contribution in [0, 0.1) is 6.92 Å². The van der Waals surface area contributed by atoms with Gasteiger partial charge in [0.2, 0.25) is 0 Å². The van der Waals surface area contributed by atoms with E-state index in [1.165, 1.54) is 11.8 Å². The summed E-state index contributed by atoms with van der Waals surface area (Å²) in [7, 11) is 1.57. The molecule has 0 N–H and O–H groups in total. The van der Waals surface area contributed by atoms with Gasteiger partial charge in [-0.1, -0.05) is 16.3 Å². The molecule has 1 amide bonds. The minimum atomic E-state index is -0.616. The molecular formula is C8H11ClN2O3. The number of carbonyl (C=O) groups excluding carboxylic acids is 1. The number of carbonyl (C=O) groups is 1. The molecule has 0 aliphatic rings. The van der Waals surface area contributed by atoms with Gasteiger partial charge >= 0.3 is 11.6 Å². The van der Waals surface area contributed by atoms with Crippen LogP contribution in [0.3, 0.4) is 0 Å². The Morgan fingerprint density at radius 1 is 1.64 bits per heavy atom. The summed E-state index contributed by atoms with van der Waals surface area (Å²) >= 11 is 5.59. The molecule has 0 aliphatic carbocycles. The quantitative estimate of drug-likeness (QED) is 0.715. The SMILES string of the molecule is CCN(C)C(=O)n1oc(C)c(Cl)c1=O. The van der Waals surface area contributed by atoms with Gasteiger partial charge in [0.15, 0.2) is 5.76 Å². The van der Waals surface area contributed by atoms with E-state index in [1.807, 2.05) is 0 Å². The first-order valence-corrected chi connectivity index (χ1v) is 4.50. The molecule has 0 aliphatic heterocycles. The van der Waals surface area contributed by atoms with Crippen LogP contribution in [0.25, 0.3) is 0 Å². The molecule has 0 saturated heterocycles. The van der Waals surface area contributed by atoms with Crippen LogP contribution in [0.4, 0.5) is 4.79 Å². The van der Waals surface area contributed by atoms with Gasteiger partial charge in [-0.15, -0.1) is 0 Å². The van der Waals surface area contributed by atoms with Gasteiger partial charge in [-0.2, -0.15) is 0 Å². The molecular weight excluding hydrogens is 208 g/mol. The fourth-order valence-corrected chi connectivity index (χ4v) is 0.986. The summed E-state index contributed by atoms with van der Waals surface area (Å²) in [5, 5.41) is -0.0529. The molecule has 5 nitrogen and oxygen atoms in total. The Morgan fingerprint density at radius 3 is 2.57 bits per heavy atom. The molecule has 1 aromatic rings. The van der Waals surface area contributed by atoms with Crippen LogP contribution >= 0.6 is 11.6 Å². The van der Waals surface area contributed by atoms with Gasteiger partial charge in [-0.05, 0) is 13.8 Å². The van der Waals surface area contributed by atoms with E-state index in [4.69, 9.17) is 16.1 Å². The van der Waals surface area contributed by atoms with Gasteiger partial charge < -0.3 is 9.42 Å². The molecule has 1 aromatic heterocycles. The van der Waals surface area contributed by atoms with E-state index < -0.39 is 11.6 Å². The van der Waals surface area contributed by atoms with Crippen molar-refractivity contribution in [1.82, 2.24) is 9.64 Å². The highest BCUT2D eigenvalue weighted by Gasteiger charge is 2.19. The number of hydrogen-bond acceptors (Lipinski definition) is 3. The highest BCUT2D eigenvalue weighted by molar-refractivity contribution is 6.31. The van der Waals surface area contributed by atoms with E-state index in [-0.39, 0.29) is 10.8 Å². The van der Waals surface area contributed by atoms with Gasteiger partial charge in [0.25, 0.3) is 0 Å². The van der Waals surface area contributed by atoms with Crippen molar-refractivity contribution in [3.8, 4) is 0 Å². The van der Waals surface area contributed by atoms with E-state index in [2.05, 4.69) is 0 Å². The van der Waals surface area contributed by atoms with Crippen molar-refractivity contribution in [2.24, 2.45) is 0 Å². The van der Waals surface area contributed by atoms with Gasteiger partial charge in [0.1, 0.15) is 5.02 Å². The monoisotopic (exact) mass is 218 g/mol. The number of aromatic nitrogens is 1. The molecule has 0 aromatic carbocycles. The van der Waals surface area contributed by atoms with Crippen LogP contribution < -0.4 is 5.56 Å². The van der Waals surface area contributed by atoms with Gasteiger partial charge in [0.05, 0.1) is 0 Å². The molecule has 1 rings (SSSR count). The molecule has 0 radical (unpaired) electrons. The van der Waals surface area contributed by atoms with Crippen LogP contribution in [0.2, 0.25) is 5.02 Å². The third kappa shape index (κ3) is 1.68. The van der Waals surface area contributed by atoms with Crippen molar-refractivity contribution < 1.29 is 9.32 Å². The Bertz CT molecular complexity index is 407. The lowest BCUT2D eigenvalue weighted by atomic mass is 10.5. The Kier molecular flexibility index (Phi) is 3.00. The predicted octanol–water partition coefficient (Wildman–Crippen LogP) is 1.32. The fraction of sp³-hybridized carbons (Fsp3) is 0.500. The van der Waals surface area contributed by atoms with Crippen molar-refractivity contribution in [1.29, 1.82) is 0 Å². The first kappa shape index (κ1) is 10.8. The maximum atomic E-state index is 11.5. The van der Waals surface area contributed by atoms with Gasteiger partial charge in [-0.25, -0.2) is 4.79 Å². The zero-order chi connectivity index (χ0) is 10.9. The Morgan fingerprint density at radius 2 is 2.21 bits per heavy atom. The van der Waals surface area contributed by atoms with Crippen molar-refractivity contribution in [3.63, 3.8) is 0 Å². The number of hydrogen-bond donors (Lipinski definition) is 0. The van der Waals surface area contributed by atoms with Gasteiger partial charge in [0, 0.05) is 13.6 Å². The van der Waals surface area contributed by atoms with Crippen LogP contribution in [0.15, 0.2) is 9.32 Å². The summed E-state index contributed by atoms with van der Waals surface area (Å²) in [4.78, 5) is 24.2. The van der Waals surface area contributed by atoms with Crippen molar-refractivity contribution in [3.05, 3.63) is 21.1 Å². The summed E-state index contributed by atoms with van der Waals surface area (Å²) < 4.78 is 5.56. The second kappa shape index (κ2) is 3.88. The standard InChI is InChI=1S/C8H11ClN2O3/c1-4-10(3)8(13)11-7(12)6(9)5(2)14-11/h4H2,1-3H3. The lowest BCUT2D eigenvalue weighted by molar-refractivity contribution is 0.176. The molecule has 0 atom stereocenters. The highest BCUT2D eigenvalue weighted by atomic mass is 35.5. The first-order valence-electron chi connectivity index (χ1n) is 4.13. The van der Waals surface area contributed by atoms with Crippen LogP contribution in [0.1, 0.15) is 12.7 Å². The summed E-state index contributed by atoms with van der Waals surface area (Å²) in [5.41, 5.74) is -0.616. The number of aryl methyl sites for hydroxylation is 1. The lowest BCUT2D eigenvalue weighted by Crippen LogP contribution is -2.35. The zero-order valence-electron chi connectivity index (χ0n) is 8.20. The van der Waals surface area contributed by atoms with Crippen molar-refractivity contribution in [2.45, 2.75) is 13.8 Å². The highest BCUT2D eigenvalue weighted by Crippen LogP contribution is 2.09. The van der Waals surface area contributed by atoms with Crippen molar-refractivity contribution >= 4 is 17.6 Å². The van der Waals surface area contributed by atoms with E-state index in [0.29, 0.717) is 11.3 Å². The molecule has 6 heteroatoms. The number of amides is 1. The molecule has 78 valence electrons. The van der Waals surface area contributed by atoms with Crippen LogP contribution in [0.5, 0.6) is 0 Å².